The summed E-state index contributed by atoms with van der Waals surface area (Å²) in [5.74, 6) is 0.670. The maximum atomic E-state index is 13.0. The Morgan fingerprint density at radius 2 is 2.15 bits per heavy atom. The zero-order chi connectivity index (χ0) is 18.4. The predicted octanol–water partition coefficient (Wildman–Crippen LogP) is 1.21. The van der Waals surface area contributed by atoms with Gasteiger partial charge in [0, 0.05) is 32.1 Å². The van der Waals surface area contributed by atoms with Gasteiger partial charge in [0.1, 0.15) is 0 Å². The SMILES string of the molecule is C/C=C/Cn1c(=O)c2c(nc3n(CC4CCCO4)c(C)cn23)n(C)c1=O. The Hall–Kier alpha value is -2.61. The topological polar surface area (TPSA) is 75.5 Å². The molecule has 0 bridgehead atoms. The largest absolute Gasteiger partial charge is 0.376 e. The van der Waals surface area contributed by atoms with E-state index in [1.165, 1.54) is 9.13 Å². The van der Waals surface area contributed by atoms with Gasteiger partial charge in [-0.25, -0.2) is 4.79 Å². The zero-order valence-electron chi connectivity index (χ0n) is 15.3. The third kappa shape index (κ3) is 2.44. The molecule has 1 atom stereocenters. The van der Waals surface area contributed by atoms with E-state index in [1.807, 2.05) is 26.1 Å². The van der Waals surface area contributed by atoms with Crippen molar-refractivity contribution in [2.45, 2.75) is 45.9 Å². The Balaban J connectivity index is 1.96. The molecule has 26 heavy (non-hydrogen) atoms. The van der Waals surface area contributed by atoms with Crippen LogP contribution in [0.5, 0.6) is 0 Å². The number of aryl methyl sites for hydroxylation is 2. The van der Waals surface area contributed by atoms with Gasteiger partial charge in [0.05, 0.1) is 12.6 Å². The fourth-order valence-electron chi connectivity index (χ4n) is 3.64. The first-order valence-electron chi connectivity index (χ1n) is 8.93. The molecule has 3 aromatic heterocycles. The summed E-state index contributed by atoms with van der Waals surface area (Å²) in [6.07, 6.45) is 7.79. The van der Waals surface area contributed by atoms with Crippen LogP contribution in [0.15, 0.2) is 27.9 Å². The lowest BCUT2D eigenvalue weighted by Gasteiger charge is -2.11. The van der Waals surface area contributed by atoms with Gasteiger partial charge in [0.2, 0.25) is 5.78 Å². The molecule has 0 aromatic carbocycles. The Bertz CT molecular complexity index is 1120. The Labute approximate surface area is 149 Å². The van der Waals surface area contributed by atoms with Crippen LogP contribution in [0.2, 0.25) is 0 Å². The molecule has 0 radical (unpaired) electrons. The molecule has 3 aromatic rings. The molecule has 4 heterocycles. The average molecular weight is 357 g/mol. The van der Waals surface area contributed by atoms with Crippen molar-refractivity contribution in [1.29, 1.82) is 0 Å². The molecule has 8 heteroatoms. The van der Waals surface area contributed by atoms with Crippen LogP contribution < -0.4 is 11.2 Å². The summed E-state index contributed by atoms with van der Waals surface area (Å²) in [5.41, 5.74) is 1.18. The molecule has 8 nitrogen and oxygen atoms in total. The summed E-state index contributed by atoms with van der Waals surface area (Å²) in [6.45, 7) is 5.60. The molecule has 1 fully saturated rings. The van der Waals surface area contributed by atoms with Crippen molar-refractivity contribution in [3.63, 3.8) is 0 Å². The van der Waals surface area contributed by atoms with Crippen LogP contribution in [0, 0.1) is 6.92 Å². The van der Waals surface area contributed by atoms with Crippen molar-refractivity contribution in [3.8, 4) is 0 Å². The molecule has 1 aliphatic rings. The lowest BCUT2D eigenvalue weighted by molar-refractivity contribution is 0.0974. The second-order valence-corrected chi connectivity index (χ2v) is 6.80. The molecule has 0 aliphatic carbocycles. The Morgan fingerprint density at radius 1 is 1.35 bits per heavy atom. The van der Waals surface area contributed by atoms with E-state index in [2.05, 4.69) is 9.55 Å². The van der Waals surface area contributed by atoms with Gasteiger partial charge < -0.3 is 9.30 Å². The highest BCUT2D eigenvalue weighted by Gasteiger charge is 2.22. The van der Waals surface area contributed by atoms with Gasteiger partial charge in [-0.15, -0.1) is 0 Å². The van der Waals surface area contributed by atoms with E-state index in [0.29, 0.717) is 23.5 Å². The van der Waals surface area contributed by atoms with E-state index in [1.54, 1.807) is 17.5 Å². The number of hydrogen-bond donors (Lipinski definition) is 0. The molecular weight excluding hydrogens is 334 g/mol. The number of nitrogens with zero attached hydrogens (tertiary/aromatic N) is 5. The first-order valence-corrected chi connectivity index (χ1v) is 8.93. The van der Waals surface area contributed by atoms with E-state index in [9.17, 15) is 9.59 Å². The molecule has 1 saturated heterocycles. The van der Waals surface area contributed by atoms with Crippen LogP contribution in [0.25, 0.3) is 16.9 Å². The second kappa shape index (κ2) is 6.28. The van der Waals surface area contributed by atoms with E-state index < -0.39 is 0 Å². The summed E-state index contributed by atoms with van der Waals surface area (Å²) >= 11 is 0. The summed E-state index contributed by atoms with van der Waals surface area (Å²) < 4.78 is 12.3. The van der Waals surface area contributed by atoms with E-state index >= 15 is 0 Å². The molecular formula is C18H23N5O3. The maximum absolute atomic E-state index is 13.0. The molecule has 1 aliphatic heterocycles. The minimum atomic E-state index is -0.358. The zero-order valence-corrected chi connectivity index (χ0v) is 15.3. The molecule has 1 unspecified atom stereocenters. The number of rotatable bonds is 4. The van der Waals surface area contributed by atoms with Crippen molar-refractivity contribution in [3.05, 3.63) is 44.9 Å². The first-order chi connectivity index (χ1) is 12.5. The molecule has 138 valence electrons. The average Bonchev–Trinajstić information content (AvgIpc) is 3.31. The smallest absolute Gasteiger partial charge is 0.332 e. The fraction of sp³-hybridized carbons (Fsp3) is 0.500. The van der Waals surface area contributed by atoms with Crippen molar-refractivity contribution in [1.82, 2.24) is 23.1 Å². The lowest BCUT2D eigenvalue weighted by atomic mass is 10.2. The van der Waals surface area contributed by atoms with Crippen LogP contribution in [-0.2, 0) is 24.9 Å². The lowest BCUT2D eigenvalue weighted by Crippen LogP contribution is -2.39. The molecule has 0 amide bonds. The van der Waals surface area contributed by atoms with Crippen LogP contribution >= 0.6 is 0 Å². The number of aromatic nitrogens is 5. The predicted molar refractivity (Wildman–Crippen MR) is 98.7 cm³/mol. The van der Waals surface area contributed by atoms with Gasteiger partial charge in [0.25, 0.3) is 5.56 Å². The summed E-state index contributed by atoms with van der Waals surface area (Å²) in [7, 11) is 1.65. The van der Waals surface area contributed by atoms with Crippen molar-refractivity contribution >= 4 is 16.9 Å². The fourth-order valence-corrected chi connectivity index (χ4v) is 3.64. The van der Waals surface area contributed by atoms with Gasteiger partial charge >= 0.3 is 5.69 Å². The van der Waals surface area contributed by atoms with E-state index in [4.69, 9.17) is 4.74 Å². The number of fused-ring (bicyclic) bond motifs is 3. The van der Waals surface area contributed by atoms with Gasteiger partial charge in [-0.05, 0) is 26.7 Å². The monoisotopic (exact) mass is 357 g/mol. The van der Waals surface area contributed by atoms with Crippen molar-refractivity contribution in [2.75, 3.05) is 6.61 Å². The van der Waals surface area contributed by atoms with Crippen LogP contribution in [0.4, 0.5) is 0 Å². The minimum Gasteiger partial charge on any atom is -0.376 e. The minimum absolute atomic E-state index is 0.167. The third-order valence-corrected chi connectivity index (χ3v) is 5.07. The van der Waals surface area contributed by atoms with Crippen molar-refractivity contribution < 1.29 is 4.74 Å². The number of ether oxygens (including phenoxy) is 1. The molecule has 4 rings (SSSR count). The summed E-state index contributed by atoms with van der Waals surface area (Å²) in [5, 5.41) is 0. The number of hydrogen-bond acceptors (Lipinski definition) is 4. The first kappa shape index (κ1) is 16.8. The van der Waals surface area contributed by atoms with Crippen LogP contribution in [0.1, 0.15) is 25.5 Å². The maximum Gasteiger partial charge on any atom is 0.332 e. The number of allylic oxidation sites excluding steroid dienone is 2. The number of imidazole rings is 2. The standard InChI is InChI=1S/C18H23N5O3/c1-4-5-8-21-16(24)14-15(20(3)18(21)25)19-17-22(12(2)10-23(14)17)11-13-7-6-9-26-13/h4-5,10,13H,6-9,11H2,1-3H3/b5-4+. The highest BCUT2D eigenvalue weighted by atomic mass is 16.5. The van der Waals surface area contributed by atoms with Gasteiger partial charge in [-0.3, -0.25) is 18.3 Å². The van der Waals surface area contributed by atoms with Crippen molar-refractivity contribution in [2.24, 2.45) is 7.05 Å². The van der Waals surface area contributed by atoms with Gasteiger partial charge in [-0.1, -0.05) is 12.2 Å². The van der Waals surface area contributed by atoms with Crippen LogP contribution in [-0.4, -0.2) is 35.8 Å². The Morgan fingerprint density at radius 3 is 2.85 bits per heavy atom. The summed E-state index contributed by atoms with van der Waals surface area (Å²) in [4.78, 5) is 30.1. The second-order valence-electron chi connectivity index (χ2n) is 6.80. The van der Waals surface area contributed by atoms with Gasteiger partial charge in [0.15, 0.2) is 11.2 Å². The third-order valence-electron chi connectivity index (χ3n) is 5.07. The van der Waals surface area contributed by atoms with E-state index in [0.717, 1.165) is 25.1 Å². The molecule has 0 saturated carbocycles. The Kier molecular flexibility index (Phi) is 4.07. The molecule has 0 N–H and O–H groups in total. The van der Waals surface area contributed by atoms with E-state index in [-0.39, 0.29) is 23.9 Å². The van der Waals surface area contributed by atoms with Gasteiger partial charge in [-0.2, -0.15) is 4.98 Å². The summed E-state index contributed by atoms with van der Waals surface area (Å²) in [6, 6.07) is 0. The molecule has 0 spiro atoms. The highest BCUT2D eigenvalue weighted by Crippen LogP contribution is 2.20. The van der Waals surface area contributed by atoms with Crippen LogP contribution in [0.3, 0.4) is 0 Å². The quantitative estimate of drug-likeness (QED) is 0.658. The highest BCUT2D eigenvalue weighted by molar-refractivity contribution is 5.75. The normalized spacial score (nSPS) is 18.0.